The fourth-order valence-electron chi connectivity index (χ4n) is 9.38. The molecule has 2 nitrogen and oxygen atoms in total. The average Bonchev–Trinajstić information content (AvgIpc) is 3.52. The second-order valence-corrected chi connectivity index (χ2v) is 15.7. The van der Waals surface area contributed by atoms with Crippen LogP contribution in [-0.2, 0) is 5.41 Å². The molecule has 1 aromatic heterocycles. The van der Waals surface area contributed by atoms with E-state index >= 15 is 0 Å². The quantitative estimate of drug-likeness (QED) is 0.176. The number of fused-ring (bicyclic) bond motifs is 7. The third-order valence-electron chi connectivity index (χ3n) is 12.0. The first-order valence-electron chi connectivity index (χ1n) is 19.7. The number of benzene rings is 9. The van der Waals surface area contributed by atoms with Gasteiger partial charge in [0.15, 0.2) is 5.82 Å². The Morgan fingerprint density at radius 3 is 1.63 bits per heavy atom. The molecule has 1 aliphatic carbocycles. The van der Waals surface area contributed by atoms with E-state index < -0.39 is 0 Å². The van der Waals surface area contributed by atoms with Gasteiger partial charge < -0.3 is 0 Å². The van der Waals surface area contributed by atoms with Crippen molar-refractivity contribution in [3.63, 3.8) is 0 Å². The summed E-state index contributed by atoms with van der Waals surface area (Å²) in [6.45, 7) is 4.79. The van der Waals surface area contributed by atoms with Crippen LogP contribution in [0.5, 0.6) is 0 Å². The lowest BCUT2D eigenvalue weighted by Gasteiger charge is -2.26. The van der Waals surface area contributed by atoms with Gasteiger partial charge in [-0.1, -0.05) is 196 Å². The van der Waals surface area contributed by atoms with Crippen LogP contribution < -0.4 is 0 Å². The molecule has 9 aromatic carbocycles. The van der Waals surface area contributed by atoms with Gasteiger partial charge in [0.2, 0.25) is 0 Å². The van der Waals surface area contributed by atoms with E-state index in [1.165, 1.54) is 76.8 Å². The van der Waals surface area contributed by atoms with Gasteiger partial charge in [-0.25, -0.2) is 9.97 Å². The lowest BCUT2D eigenvalue weighted by molar-refractivity contribution is 0.668. The smallest absolute Gasteiger partial charge is 0.160 e. The van der Waals surface area contributed by atoms with Crippen molar-refractivity contribution in [2.45, 2.75) is 19.3 Å². The maximum Gasteiger partial charge on any atom is 0.160 e. The van der Waals surface area contributed by atoms with Crippen LogP contribution in [0.2, 0.25) is 0 Å². The molecular formula is C55H38N2. The molecule has 0 saturated carbocycles. The molecule has 0 atom stereocenters. The zero-order chi connectivity index (χ0) is 38.1. The Balaban J connectivity index is 1.09. The van der Waals surface area contributed by atoms with Crippen molar-refractivity contribution in [3.8, 4) is 67.3 Å². The Kier molecular flexibility index (Phi) is 7.55. The van der Waals surface area contributed by atoms with Crippen molar-refractivity contribution < 1.29 is 0 Å². The Hall–Kier alpha value is -7.16. The van der Waals surface area contributed by atoms with Crippen molar-refractivity contribution in [1.82, 2.24) is 9.97 Å². The van der Waals surface area contributed by atoms with Crippen molar-refractivity contribution >= 4 is 32.3 Å². The molecular weight excluding hydrogens is 689 g/mol. The van der Waals surface area contributed by atoms with E-state index in [1.807, 2.05) is 0 Å². The summed E-state index contributed by atoms with van der Waals surface area (Å²) in [5, 5.41) is 7.39. The van der Waals surface area contributed by atoms with E-state index in [-0.39, 0.29) is 5.41 Å². The van der Waals surface area contributed by atoms with Crippen LogP contribution in [0, 0.1) is 0 Å². The van der Waals surface area contributed by atoms with Gasteiger partial charge in [-0.15, -0.1) is 0 Å². The van der Waals surface area contributed by atoms with Gasteiger partial charge in [-0.05, 0) is 89.0 Å². The molecule has 57 heavy (non-hydrogen) atoms. The van der Waals surface area contributed by atoms with Gasteiger partial charge in [0.25, 0.3) is 0 Å². The number of rotatable bonds is 5. The monoisotopic (exact) mass is 726 g/mol. The summed E-state index contributed by atoms with van der Waals surface area (Å²) in [4.78, 5) is 10.6. The minimum Gasteiger partial charge on any atom is -0.228 e. The van der Waals surface area contributed by atoms with Crippen LogP contribution in [0.3, 0.4) is 0 Å². The van der Waals surface area contributed by atoms with Gasteiger partial charge in [0, 0.05) is 22.1 Å². The van der Waals surface area contributed by atoms with E-state index in [0.717, 1.165) is 28.1 Å². The maximum atomic E-state index is 5.34. The highest BCUT2D eigenvalue weighted by molar-refractivity contribution is 6.07. The van der Waals surface area contributed by atoms with Gasteiger partial charge in [-0.2, -0.15) is 0 Å². The second kappa shape index (κ2) is 13.0. The first-order chi connectivity index (χ1) is 28.0. The Morgan fingerprint density at radius 2 is 0.842 bits per heavy atom. The van der Waals surface area contributed by atoms with Crippen LogP contribution in [0.25, 0.3) is 99.6 Å². The molecule has 268 valence electrons. The fraction of sp³-hybridized carbons (Fsp3) is 0.0545. The first-order valence-corrected chi connectivity index (χ1v) is 19.7. The topological polar surface area (TPSA) is 25.8 Å². The van der Waals surface area contributed by atoms with E-state index in [1.54, 1.807) is 0 Å². The summed E-state index contributed by atoms with van der Waals surface area (Å²) in [6, 6.07) is 70.1. The van der Waals surface area contributed by atoms with Crippen LogP contribution in [0.4, 0.5) is 0 Å². The zero-order valence-corrected chi connectivity index (χ0v) is 31.9. The van der Waals surface area contributed by atoms with Gasteiger partial charge in [0.05, 0.1) is 11.4 Å². The zero-order valence-electron chi connectivity index (χ0n) is 31.9. The number of hydrogen-bond donors (Lipinski definition) is 0. The third-order valence-corrected chi connectivity index (χ3v) is 12.0. The Morgan fingerprint density at radius 1 is 0.316 bits per heavy atom. The first kappa shape index (κ1) is 33.2. The lowest BCUT2D eigenvalue weighted by atomic mass is 9.77. The van der Waals surface area contributed by atoms with E-state index in [4.69, 9.17) is 9.97 Å². The lowest BCUT2D eigenvalue weighted by Crippen LogP contribution is -2.17. The highest BCUT2D eigenvalue weighted by atomic mass is 14.9. The molecule has 0 bridgehead atoms. The molecule has 0 spiro atoms. The molecule has 11 rings (SSSR count). The van der Waals surface area contributed by atoms with Crippen molar-refractivity contribution in [3.05, 3.63) is 205 Å². The average molecular weight is 727 g/mol. The molecule has 0 radical (unpaired) electrons. The van der Waals surface area contributed by atoms with Crippen LogP contribution in [0.15, 0.2) is 194 Å². The summed E-state index contributed by atoms with van der Waals surface area (Å²) >= 11 is 0. The van der Waals surface area contributed by atoms with E-state index in [9.17, 15) is 0 Å². The Bertz CT molecular complexity index is 3190. The predicted molar refractivity (Wildman–Crippen MR) is 239 cm³/mol. The van der Waals surface area contributed by atoms with Crippen LogP contribution >= 0.6 is 0 Å². The molecule has 0 unspecified atom stereocenters. The van der Waals surface area contributed by atoms with Crippen LogP contribution in [-0.4, -0.2) is 9.97 Å². The normalized spacial score (nSPS) is 12.9. The minimum atomic E-state index is -0.186. The van der Waals surface area contributed by atoms with Gasteiger partial charge in [-0.3, -0.25) is 0 Å². The van der Waals surface area contributed by atoms with Gasteiger partial charge >= 0.3 is 0 Å². The van der Waals surface area contributed by atoms with Crippen molar-refractivity contribution in [2.75, 3.05) is 0 Å². The predicted octanol–water partition coefficient (Wildman–Crippen LogP) is 14.6. The van der Waals surface area contributed by atoms with Crippen molar-refractivity contribution in [1.29, 1.82) is 0 Å². The largest absolute Gasteiger partial charge is 0.228 e. The summed E-state index contributed by atoms with van der Waals surface area (Å²) < 4.78 is 0. The van der Waals surface area contributed by atoms with Crippen LogP contribution in [0.1, 0.15) is 25.0 Å². The maximum absolute atomic E-state index is 5.34. The number of hydrogen-bond acceptors (Lipinski definition) is 2. The number of nitrogens with zero attached hydrogens (tertiary/aromatic N) is 2. The minimum absolute atomic E-state index is 0.186. The standard InChI is InChI=1S/C55H38N2/c1-55(2)52-42-18-9-8-16-38(42)29-30-49(52)48-22-12-21-47(53(48)55)45-31-32-46(44-20-11-10-19-43(44)45)51-34-50(41-28-25-36-15-6-7-17-40(36)33-41)56-54(57-51)39-26-23-37(24-27-39)35-13-4-3-5-14-35/h3-34H,1-2H3. The summed E-state index contributed by atoms with van der Waals surface area (Å²) in [5.74, 6) is 0.705. The highest BCUT2D eigenvalue weighted by Crippen LogP contribution is 2.55. The molecule has 0 amide bonds. The SMILES string of the molecule is CC1(C)c2c(cccc2-c2ccc(-c3cc(-c4ccc5ccccc5c4)nc(-c4ccc(-c5ccccc5)cc4)n3)c3ccccc23)-c2ccc3ccccc3c21. The second-order valence-electron chi connectivity index (χ2n) is 15.7. The molecule has 0 fully saturated rings. The van der Waals surface area contributed by atoms with E-state index in [0.29, 0.717) is 5.82 Å². The molecule has 10 aromatic rings. The van der Waals surface area contributed by atoms with Crippen molar-refractivity contribution in [2.24, 2.45) is 0 Å². The number of aromatic nitrogens is 2. The molecule has 0 saturated heterocycles. The third kappa shape index (κ3) is 5.40. The molecule has 1 aliphatic rings. The van der Waals surface area contributed by atoms with E-state index in [2.05, 4.69) is 208 Å². The molecule has 1 heterocycles. The fourth-order valence-corrected chi connectivity index (χ4v) is 9.38. The Labute approximate surface area is 332 Å². The summed E-state index contributed by atoms with van der Waals surface area (Å²) in [6.07, 6.45) is 0. The van der Waals surface area contributed by atoms with Gasteiger partial charge in [0.1, 0.15) is 0 Å². The molecule has 0 N–H and O–H groups in total. The molecule has 0 aliphatic heterocycles. The summed E-state index contributed by atoms with van der Waals surface area (Å²) in [5.41, 5.74) is 15.1. The highest BCUT2D eigenvalue weighted by Gasteiger charge is 2.39. The molecule has 2 heteroatoms. The summed E-state index contributed by atoms with van der Waals surface area (Å²) in [7, 11) is 0.